The number of rotatable bonds is 4. The Hall–Kier alpha value is -2.63. The van der Waals surface area contributed by atoms with Crippen LogP contribution in [-0.4, -0.2) is 41.2 Å². The molecule has 0 saturated carbocycles. The van der Waals surface area contributed by atoms with E-state index in [0.29, 0.717) is 17.4 Å². The number of hydrogen-bond donors (Lipinski definition) is 1. The zero-order valence-electron chi connectivity index (χ0n) is 12.3. The molecule has 22 heavy (non-hydrogen) atoms. The van der Waals surface area contributed by atoms with E-state index in [1.54, 1.807) is 7.11 Å². The highest BCUT2D eigenvalue weighted by Crippen LogP contribution is 2.30. The summed E-state index contributed by atoms with van der Waals surface area (Å²) in [6.07, 6.45) is 3.48. The van der Waals surface area contributed by atoms with Crippen LogP contribution in [0.25, 0.3) is 11.4 Å². The summed E-state index contributed by atoms with van der Waals surface area (Å²) in [5, 5.41) is 9.36. The minimum atomic E-state index is -1.01. The molecule has 1 fully saturated rings. The standard InChI is InChI=1S/C16H17N3O3/c1-22-13-7-3-2-6-11(13)14-17-10-12(16(20)21)15(18-14)19-8-4-5-9-19/h2-3,6-7,10H,4-5,8-9H2,1H3,(H,20,21). The molecule has 1 aliphatic heterocycles. The van der Waals surface area contributed by atoms with Crippen LogP contribution in [0.1, 0.15) is 23.2 Å². The van der Waals surface area contributed by atoms with Crippen LogP contribution in [0.15, 0.2) is 30.5 Å². The molecule has 3 rings (SSSR count). The number of ether oxygens (including phenoxy) is 1. The van der Waals surface area contributed by atoms with E-state index in [-0.39, 0.29) is 5.56 Å². The highest BCUT2D eigenvalue weighted by Gasteiger charge is 2.22. The summed E-state index contributed by atoms with van der Waals surface area (Å²) in [4.78, 5) is 22.1. The average molecular weight is 299 g/mol. The molecular formula is C16H17N3O3. The maximum Gasteiger partial charge on any atom is 0.341 e. The van der Waals surface area contributed by atoms with E-state index in [0.717, 1.165) is 31.5 Å². The fourth-order valence-electron chi connectivity index (χ4n) is 2.65. The van der Waals surface area contributed by atoms with Crippen molar-refractivity contribution in [2.24, 2.45) is 0 Å². The molecule has 1 saturated heterocycles. The van der Waals surface area contributed by atoms with Gasteiger partial charge in [-0.3, -0.25) is 0 Å². The zero-order valence-corrected chi connectivity index (χ0v) is 12.3. The van der Waals surface area contributed by atoms with Crippen LogP contribution in [0.4, 0.5) is 5.82 Å². The van der Waals surface area contributed by atoms with Crippen molar-refractivity contribution in [1.29, 1.82) is 0 Å². The first-order chi connectivity index (χ1) is 10.7. The van der Waals surface area contributed by atoms with Crippen molar-refractivity contribution in [2.45, 2.75) is 12.8 Å². The van der Waals surface area contributed by atoms with Crippen molar-refractivity contribution in [3.05, 3.63) is 36.0 Å². The molecule has 6 nitrogen and oxygen atoms in total. The van der Waals surface area contributed by atoms with Gasteiger partial charge in [0.25, 0.3) is 0 Å². The Bertz CT molecular complexity index is 697. The molecule has 1 aromatic heterocycles. The average Bonchev–Trinajstić information content (AvgIpc) is 3.08. The maximum atomic E-state index is 11.4. The number of carboxylic acid groups (broad SMARTS) is 1. The predicted octanol–water partition coefficient (Wildman–Crippen LogP) is 2.45. The molecule has 0 bridgehead atoms. The van der Waals surface area contributed by atoms with E-state index in [9.17, 15) is 9.90 Å². The topological polar surface area (TPSA) is 75.6 Å². The van der Waals surface area contributed by atoms with Gasteiger partial charge in [-0.25, -0.2) is 14.8 Å². The van der Waals surface area contributed by atoms with Crippen molar-refractivity contribution in [3.8, 4) is 17.1 Å². The van der Waals surface area contributed by atoms with Gasteiger partial charge < -0.3 is 14.7 Å². The third kappa shape index (κ3) is 2.59. The van der Waals surface area contributed by atoms with Gasteiger partial charge in [0.05, 0.1) is 12.7 Å². The first-order valence-electron chi connectivity index (χ1n) is 7.19. The Labute approximate surface area is 128 Å². The van der Waals surface area contributed by atoms with Gasteiger partial charge in [0.2, 0.25) is 0 Å². The fraction of sp³-hybridized carbons (Fsp3) is 0.312. The Kier molecular flexibility index (Phi) is 3.91. The molecule has 0 unspecified atom stereocenters. The van der Waals surface area contributed by atoms with E-state index in [4.69, 9.17) is 4.74 Å². The van der Waals surface area contributed by atoms with Crippen LogP contribution < -0.4 is 9.64 Å². The number of carboxylic acids is 1. The van der Waals surface area contributed by atoms with E-state index < -0.39 is 5.97 Å². The number of anilines is 1. The lowest BCUT2D eigenvalue weighted by atomic mass is 10.1. The number of hydrogen-bond acceptors (Lipinski definition) is 5. The number of aromatic carboxylic acids is 1. The minimum absolute atomic E-state index is 0.139. The van der Waals surface area contributed by atoms with Crippen molar-refractivity contribution < 1.29 is 14.6 Å². The number of methoxy groups -OCH3 is 1. The molecule has 1 aromatic carbocycles. The van der Waals surface area contributed by atoms with E-state index in [2.05, 4.69) is 9.97 Å². The van der Waals surface area contributed by atoms with Crippen LogP contribution in [0.5, 0.6) is 5.75 Å². The summed E-state index contributed by atoms with van der Waals surface area (Å²) in [6, 6.07) is 7.44. The third-order valence-electron chi connectivity index (χ3n) is 3.75. The largest absolute Gasteiger partial charge is 0.496 e. The molecule has 2 aromatic rings. The Morgan fingerprint density at radius 2 is 2.00 bits per heavy atom. The molecule has 0 atom stereocenters. The van der Waals surface area contributed by atoms with Crippen LogP contribution >= 0.6 is 0 Å². The van der Waals surface area contributed by atoms with E-state index in [1.165, 1.54) is 6.20 Å². The van der Waals surface area contributed by atoms with Gasteiger partial charge in [0.1, 0.15) is 17.1 Å². The second kappa shape index (κ2) is 6.01. The van der Waals surface area contributed by atoms with Gasteiger partial charge in [0.15, 0.2) is 5.82 Å². The van der Waals surface area contributed by atoms with Crippen molar-refractivity contribution in [1.82, 2.24) is 9.97 Å². The Morgan fingerprint density at radius 1 is 1.27 bits per heavy atom. The summed E-state index contributed by atoms with van der Waals surface area (Å²) >= 11 is 0. The highest BCUT2D eigenvalue weighted by atomic mass is 16.5. The van der Waals surface area contributed by atoms with Crippen molar-refractivity contribution >= 4 is 11.8 Å². The molecule has 0 amide bonds. The van der Waals surface area contributed by atoms with Crippen LogP contribution in [-0.2, 0) is 0 Å². The predicted molar refractivity (Wildman–Crippen MR) is 82.4 cm³/mol. The minimum Gasteiger partial charge on any atom is -0.496 e. The van der Waals surface area contributed by atoms with E-state index in [1.807, 2.05) is 29.2 Å². The van der Waals surface area contributed by atoms with Crippen LogP contribution in [0.2, 0.25) is 0 Å². The van der Waals surface area contributed by atoms with Gasteiger partial charge in [-0.1, -0.05) is 12.1 Å². The number of para-hydroxylation sites is 1. The quantitative estimate of drug-likeness (QED) is 0.934. The van der Waals surface area contributed by atoms with Crippen LogP contribution in [0, 0.1) is 0 Å². The number of benzene rings is 1. The second-order valence-corrected chi connectivity index (χ2v) is 5.13. The second-order valence-electron chi connectivity index (χ2n) is 5.13. The molecular weight excluding hydrogens is 282 g/mol. The fourth-order valence-corrected chi connectivity index (χ4v) is 2.65. The lowest BCUT2D eigenvalue weighted by Gasteiger charge is -2.19. The SMILES string of the molecule is COc1ccccc1-c1ncc(C(=O)O)c(N2CCCC2)n1. The van der Waals surface area contributed by atoms with Gasteiger partial charge in [-0.05, 0) is 25.0 Å². The van der Waals surface area contributed by atoms with Gasteiger partial charge in [-0.15, -0.1) is 0 Å². The number of nitrogens with zero attached hydrogens (tertiary/aromatic N) is 3. The summed E-state index contributed by atoms with van der Waals surface area (Å²) in [7, 11) is 1.59. The summed E-state index contributed by atoms with van der Waals surface area (Å²) in [5.74, 6) is 0.622. The van der Waals surface area contributed by atoms with Crippen LogP contribution in [0.3, 0.4) is 0 Å². The molecule has 1 N–H and O–H groups in total. The molecule has 114 valence electrons. The van der Waals surface area contributed by atoms with Crippen molar-refractivity contribution in [3.63, 3.8) is 0 Å². The molecule has 0 aliphatic carbocycles. The zero-order chi connectivity index (χ0) is 15.5. The molecule has 6 heteroatoms. The Morgan fingerprint density at radius 3 is 2.68 bits per heavy atom. The van der Waals surface area contributed by atoms with Gasteiger partial charge in [0, 0.05) is 19.3 Å². The summed E-state index contributed by atoms with van der Waals surface area (Å²) in [5.41, 5.74) is 0.892. The first kappa shape index (κ1) is 14.3. The molecule has 2 heterocycles. The lowest BCUT2D eigenvalue weighted by Crippen LogP contribution is -2.22. The summed E-state index contributed by atoms with van der Waals surface area (Å²) < 4.78 is 5.33. The first-order valence-corrected chi connectivity index (χ1v) is 7.19. The Balaban J connectivity index is 2.10. The van der Waals surface area contributed by atoms with Crippen molar-refractivity contribution in [2.75, 3.05) is 25.1 Å². The highest BCUT2D eigenvalue weighted by molar-refractivity contribution is 5.93. The van der Waals surface area contributed by atoms with Gasteiger partial charge in [-0.2, -0.15) is 0 Å². The van der Waals surface area contributed by atoms with E-state index >= 15 is 0 Å². The number of aromatic nitrogens is 2. The molecule has 0 spiro atoms. The smallest absolute Gasteiger partial charge is 0.341 e. The lowest BCUT2D eigenvalue weighted by molar-refractivity contribution is 0.0696. The number of carbonyl (C=O) groups is 1. The molecule has 1 aliphatic rings. The third-order valence-corrected chi connectivity index (χ3v) is 3.75. The molecule has 0 radical (unpaired) electrons. The maximum absolute atomic E-state index is 11.4. The normalized spacial score (nSPS) is 14.1. The van der Waals surface area contributed by atoms with Gasteiger partial charge >= 0.3 is 5.97 Å². The monoisotopic (exact) mass is 299 g/mol. The summed E-state index contributed by atoms with van der Waals surface area (Å²) in [6.45, 7) is 1.64.